The largest absolute Gasteiger partial charge is 0.416 e. The first-order valence-electron chi connectivity index (χ1n) is 6.65. The minimum Gasteiger partial charge on any atom is -0.365 e. The number of alkyl halides is 3. The quantitative estimate of drug-likeness (QED) is 0.771. The molecule has 4 nitrogen and oxygen atoms in total. The molecule has 0 spiro atoms. The van der Waals surface area contributed by atoms with Gasteiger partial charge in [-0.25, -0.2) is 4.98 Å². The van der Waals surface area contributed by atoms with E-state index in [1.807, 2.05) is 13.0 Å². The fourth-order valence-electron chi connectivity index (χ4n) is 2.25. The highest BCUT2D eigenvalue weighted by Gasteiger charge is 2.29. The summed E-state index contributed by atoms with van der Waals surface area (Å²) in [6.45, 7) is 2.25. The molecular weight excluding hydrogens is 293 g/mol. The molecule has 0 unspecified atom stereocenters. The molecule has 3 aromatic rings. The first-order chi connectivity index (χ1) is 10.4. The van der Waals surface area contributed by atoms with Gasteiger partial charge in [0.2, 0.25) is 0 Å². The molecule has 0 bridgehead atoms. The topological polar surface area (TPSA) is 53.6 Å². The van der Waals surface area contributed by atoms with Crippen molar-refractivity contribution in [2.45, 2.75) is 19.6 Å². The van der Waals surface area contributed by atoms with Crippen LogP contribution < -0.4 is 5.32 Å². The number of halogens is 3. The third-order valence-corrected chi connectivity index (χ3v) is 3.40. The van der Waals surface area contributed by atoms with Gasteiger partial charge in [0.05, 0.1) is 22.2 Å². The average Bonchev–Trinajstić information content (AvgIpc) is 2.87. The Hall–Kier alpha value is -2.57. The SMILES string of the molecule is Cc1n[nH]c2ccnc(NCc3ccc(C(F)(F)F)cc3)c12. The van der Waals surface area contributed by atoms with Crippen LogP contribution in [0.3, 0.4) is 0 Å². The lowest BCUT2D eigenvalue weighted by Gasteiger charge is -2.09. The predicted octanol–water partition coefficient (Wildman–Crippen LogP) is 3.90. The molecule has 114 valence electrons. The molecule has 2 N–H and O–H groups in total. The summed E-state index contributed by atoms with van der Waals surface area (Å²) >= 11 is 0. The van der Waals surface area contributed by atoms with E-state index in [2.05, 4.69) is 20.5 Å². The molecule has 0 aliphatic rings. The molecule has 0 amide bonds. The van der Waals surface area contributed by atoms with E-state index in [4.69, 9.17) is 0 Å². The van der Waals surface area contributed by atoms with Crippen molar-refractivity contribution >= 4 is 16.7 Å². The number of rotatable bonds is 3. The molecular formula is C15H13F3N4. The highest BCUT2D eigenvalue weighted by atomic mass is 19.4. The number of aromatic amines is 1. The maximum Gasteiger partial charge on any atom is 0.416 e. The van der Waals surface area contributed by atoms with Crippen LogP contribution >= 0.6 is 0 Å². The van der Waals surface area contributed by atoms with Gasteiger partial charge in [-0.1, -0.05) is 12.1 Å². The van der Waals surface area contributed by atoms with Crippen molar-refractivity contribution in [3.05, 3.63) is 53.3 Å². The van der Waals surface area contributed by atoms with Crippen LogP contribution in [0, 0.1) is 6.92 Å². The fraction of sp³-hybridized carbons (Fsp3) is 0.200. The van der Waals surface area contributed by atoms with Gasteiger partial charge in [-0.15, -0.1) is 0 Å². The molecule has 1 aromatic carbocycles. The molecule has 2 aromatic heterocycles. The van der Waals surface area contributed by atoms with E-state index in [1.165, 1.54) is 12.1 Å². The highest BCUT2D eigenvalue weighted by Crippen LogP contribution is 2.29. The van der Waals surface area contributed by atoms with Crippen molar-refractivity contribution in [2.75, 3.05) is 5.32 Å². The van der Waals surface area contributed by atoms with Gasteiger partial charge in [0.25, 0.3) is 0 Å². The number of benzene rings is 1. The number of nitrogens with zero attached hydrogens (tertiary/aromatic N) is 2. The van der Waals surface area contributed by atoms with Gasteiger partial charge in [-0.05, 0) is 30.7 Å². The van der Waals surface area contributed by atoms with Gasteiger partial charge in [-0.3, -0.25) is 5.10 Å². The standard InChI is InChI=1S/C15H13F3N4/c1-9-13-12(22-21-9)6-7-19-14(13)20-8-10-2-4-11(5-3-10)15(16,17)18/h2-7H,8H2,1H3,(H,19,20)(H,21,22). The number of nitrogens with one attached hydrogen (secondary N) is 2. The monoisotopic (exact) mass is 306 g/mol. The van der Waals surface area contributed by atoms with Gasteiger partial charge < -0.3 is 5.32 Å². The molecule has 0 atom stereocenters. The van der Waals surface area contributed by atoms with Crippen LogP contribution in [0.15, 0.2) is 36.5 Å². The fourth-order valence-corrected chi connectivity index (χ4v) is 2.25. The van der Waals surface area contributed by atoms with Crippen LogP contribution in [0.2, 0.25) is 0 Å². The van der Waals surface area contributed by atoms with Gasteiger partial charge in [0.15, 0.2) is 0 Å². The lowest BCUT2D eigenvalue weighted by molar-refractivity contribution is -0.137. The molecule has 2 heterocycles. The Morgan fingerprint density at radius 2 is 1.86 bits per heavy atom. The number of aromatic nitrogens is 3. The minimum atomic E-state index is -4.31. The Morgan fingerprint density at radius 3 is 2.55 bits per heavy atom. The first-order valence-corrected chi connectivity index (χ1v) is 6.65. The zero-order valence-corrected chi connectivity index (χ0v) is 11.7. The predicted molar refractivity (Wildman–Crippen MR) is 77.4 cm³/mol. The van der Waals surface area contributed by atoms with Crippen LogP contribution in [0.4, 0.5) is 19.0 Å². The summed E-state index contributed by atoms with van der Waals surface area (Å²) in [4.78, 5) is 4.26. The van der Waals surface area contributed by atoms with Crippen molar-refractivity contribution in [3.8, 4) is 0 Å². The van der Waals surface area contributed by atoms with Crippen LogP contribution in [0.25, 0.3) is 10.9 Å². The molecule has 0 fully saturated rings. The van der Waals surface area contributed by atoms with Crippen molar-refractivity contribution in [3.63, 3.8) is 0 Å². The summed E-state index contributed by atoms with van der Waals surface area (Å²) in [5.41, 5.74) is 1.77. The molecule has 22 heavy (non-hydrogen) atoms. The number of hydrogen-bond donors (Lipinski definition) is 2. The lowest BCUT2D eigenvalue weighted by atomic mass is 10.1. The summed E-state index contributed by atoms with van der Waals surface area (Å²) < 4.78 is 37.6. The first kappa shape index (κ1) is 14.4. The number of aryl methyl sites for hydroxylation is 1. The summed E-state index contributed by atoms with van der Waals surface area (Å²) in [5.74, 6) is 0.656. The van der Waals surface area contributed by atoms with E-state index in [0.717, 1.165) is 34.3 Å². The normalized spacial score (nSPS) is 11.8. The number of hydrogen-bond acceptors (Lipinski definition) is 3. The second-order valence-electron chi connectivity index (χ2n) is 4.94. The van der Waals surface area contributed by atoms with E-state index < -0.39 is 11.7 Å². The van der Waals surface area contributed by atoms with Gasteiger partial charge in [-0.2, -0.15) is 18.3 Å². The Bertz CT molecular complexity index is 791. The smallest absolute Gasteiger partial charge is 0.365 e. The van der Waals surface area contributed by atoms with Crippen molar-refractivity contribution < 1.29 is 13.2 Å². The van der Waals surface area contributed by atoms with E-state index in [1.54, 1.807) is 6.20 Å². The Labute approximate surface area is 124 Å². The van der Waals surface area contributed by atoms with E-state index >= 15 is 0 Å². The van der Waals surface area contributed by atoms with Crippen molar-refractivity contribution in [1.82, 2.24) is 15.2 Å². The van der Waals surface area contributed by atoms with Crippen LogP contribution in [0.1, 0.15) is 16.8 Å². The second kappa shape index (κ2) is 5.32. The molecule has 7 heteroatoms. The molecule has 0 saturated heterocycles. The van der Waals surface area contributed by atoms with Crippen LogP contribution in [-0.4, -0.2) is 15.2 Å². The third kappa shape index (κ3) is 2.74. The molecule has 3 rings (SSSR count). The molecule has 0 aliphatic heterocycles. The molecule has 0 aliphatic carbocycles. The zero-order chi connectivity index (χ0) is 15.7. The van der Waals surface area contributed by atoms with Gasteiger partial charge in [0, 0.05) is 12.7 Å². The van der Waals surface area contributed by atoms with Crippen molar-refractivity contribution in [1.29, 1.82) is 0 Å². The Morgan fingerprint density at radius 1 is 1.14 bits per heavy atom. The Kier molecular flexibility index (Phi) is 3.48. The Balaban J connectivity index is 1.78. The highest BCUT2D eigenvalue weighted by molar-refractivity contribution is 5.91. The summed E-state index contributed by atoms with van der Waals surface area (Å²) in [6, 6.07) is 6.89. The maximum atomic E-state index is 12.5. The second-order valence-corrected chi connectivity index (χ2v) is 4.94. The number of pyridine rings is 1. The van der Waals surface area contributed by atoms with E-state index in [-0.39, 0.29) is 0 Å². The summed E-state index contributed by atoms with van der Waals surface area (Å²) in [6.07, 6.45) is -2.66. The minimum absolute atomic E-state index is 0.384. The van der Waals surface area contributed by atoms with E-state index in [9.17, 15) is 13.2 Å². The molecule has 0 radical (unpaired) electrons. The van der Waals surface area contributed by atoms with Crippen LogP contribution in [-0.2, 0) is 12.7 Å². The zero-order valence-electron chi connectivity index (χ0n) is 11.7. The summed E-state index contributed by atoms with van der Waals surface area (Å²) in [7, 11) is 0. The van der Waals surface area contributed by atoms with Gasteiger partial charge in [0.1, 0.15) is 5.82 Å². The van der Waals surface area contributed by atoms with Crippen LogP contribution in [0.5, 0.6) is 0 Å². The third-order valence-electron chi connectivity index (χ3n) is 3.40. The number of H-pyrrole nitrogens is 1. The lowest BCUT2D eigenvalue weighted by Crippen LogP contribution is -2.06. The van der Waals surface area contributed by atoms with Gasteiger partial charge >= 0.3 is 6.18 Å². The van der Waals surface area contributed by atoms with Crippen molar-refractivity contribution in [2.24, 2.45) is 0 Å². The number of fused-ring (bicyclic) bond motifs is 1. The summed E-state index contributed by atoms with van der Waals surface area (Å²) in [5, 5.41) is 11.0. The van der Waals surface area contributed by atoms with E-state index in [0.29, 0.717) is 12.4 Å². The maximum absolute atomic E-state index is 12.5. The number of anilines is 1. The molecule has 0 saturated carbocycles. The average molecular weight is 306 g/mol.